The van der Waals surface area contributed by atoms with Crippen LogP contribution in [-0.2, 0) is 0 Å². The van der Waals surface area contributed by atoms with Crippen LogP contribution in [0.2, 0.25) is 0 Å². The Morgan fingerprint density at radius 1 is 1.45 bits per heavy atom. The Bertz CT molecular complexity index is 422. The lowest BCUT2D eigenvalue weighted by Gasteiger charge is -1.91. The molecule has 11 heavy (non-hydrogen) atoms. The van der Waals surface area contributed by atoms with Crippen molar-refractivity contribution in [1.82, 2.24) is 9.38 Å². The summed E-state index contributed by atoms with van der Waals surface area (Å²) < 4.78 is 1.75. The van der Waals surface area contributed by atoms with Gasteiger partial charge < -0.3 is 0 Å². The number of hydrogen-bond acceptors (Lipinski definition) is 2. The lowest BCUT2D eigenvalue weighted by Crippen LogP contribution is -1.87. The molecule has 0 radical (unpaired) electrons. The molecule has 2 heterocycles. The first kappa shape index (κ1) is 5.93. The molecular weight excluding hydrogens is 138 g/mol. The van der Waals surface area contributed by atoms with Gasteiger partial charge in [0, 0.05) is 12.4 Å². The van der Waals surface area contributed by atoms with E-state index < -0.39 is 0 Å². The molecular formula is C8H5N3. The number of rotatable bonds is 0. The van der Waals surface area contributed by atoms with E-state index in [-0.39, 0.29) is 0 Å². The largest absolute Gasteiger partial charge is 0.293 e. The van der Waals surface area contributed by atoms with Gasteiger partial charge in [-0.25, -0.2) is 4.98 Å². The third kappa shape index (κ3) is 0.767. The number of aromatic nitrogens is 2. The van der Waals surface area contributed by atoms with E-state index in [2.05, 4.69) is 11.1 Å². The summed E-state index contributed by atoms with van der Waals surface area (Å²) in [4.78, 5) is 4.06. The maximum Gasteiger partial charge on any atom is 0.137 e. The Morgan fingerprint density at radius 3 is 3.18 bits per heavy atom. The summed E-state index contributed by atoms with van der Waals surface area (Å²) in [5, 5.41) is 8.63. The molecule has 0 N–H and O–H groups in total. The Morgan fingerprint density at radius 2 is 2.36 bits per heavy atom. The number of nitriles is 1. The van der Waals surface area contributed by atoms with Gasteiger partial charge >= 0.3 is 0 Å². The summed E-state index contributed by atoms with van der Waals surface area (Å²) in [6.45, 7) is 0. The van der Waals surface area contributed by atoms with Gasteiger partial charge in [0.2, 0.25) is 0 Å². The maximum absolute atomic E-state index is 8.63. The molecule has 0 aliphatic rings. The van der Waals surface area contributed by atoms with Crippen molar-refractivity contribution < 1.29 is 0 Å². The molecule has 2 aromatic rings. The van der Waals surface area contributed by atoms with Crippen LogP contribution in [0.15, 0.2) is 30.6 Å². The lowest BCUT2D eigenvalue weighted by atomic mass is 10.5. The second-order valence-corrected chi connectivity index (χ2v) is 2.18. The van der Waals surface area contributed by atoms with Crippen molar-refractivity contribution in [1.29, 1.82) is 5.26 Å². The van der Waals surface area contributed by atoms with Crippen LogP contribution in [0.25, 0.3) is 5.65 Å². The molecule has 0 bridgehead atoms. The molecule has 0 fully saturated rings. The lowest BCUT2D eigenvalue weighted by molar-refractivity contribution is 1.11. The topological polar surface area (TPSA) is 41.1 Å². The number of hydrogen-bond donors (Lipinski definition) is 0. The van der Waals surface area contributed by atoms with E-state index in [1.165, 1.54) is 0 Å². The monoisotopic (exact) mass is 143 g/mol. The van der Waals surface area contributed by atoms with Gasteiger partial charge in [-0.2, -0.15) is 5.26 Å². The molecule has 0 amide bonds. The molecule has 2 aromatic heterocycles. The highest BCUT2D eigenvalue weighted by atomic mass is 15.0. The van der Waals surface area contributed by atoms with E-state index in [0.29, 0.717) is 5.69 Å². The van der Waals surface area contributed by atoms with Gasteiger partial charge in [-0.15, -0.1) is 0 Å². The Labute approximate surface area is 63.5 Å². The van der Waals surface area contributed by atoms with Gasteiger partial charge in [0.1, 0.15) is 17.4 Å². The SMILES string of the molecule is N#Cc1ccc2ncccn12. The molecule has 52 valence electrons. The van der Waals surface area contributed by atoms with Crippen LogP contribution in [-0.4, -0.2) is 9.38 Å². The summed E-state index contributed by atoms with van der Waals surface area (Å²) in [5.74, 6) is 0. The van der Waals surface area contributed by atoms with Gasteiger partial charge in [0.15, 0.2) is 0 Å². The highest BCUT2D eigenvalue weighted by Gasteiger charge is 1.97. The predicted molar refractivity (Wildman–Crippen MR) is 39.9 cm³/mol. The highest BCUT2D eigenvalue weighted by Crippen LogP contribution is 2.04. The normalized spacial score (nSPS) is 9.73. The first-order chi connectivity index (χ1) is 5.42. The van der Waals surface area contributed by atoms with E-state index in [9.17, 15) is 0 Å². The third-order valence-corrected chi connectivity index (χ3v) is 1.54. The van der Waals surface area contributed by atoms with Gasteiger partial charge in [0.05, 0.1) is 0 Å². The van der Waals surface area contributed by atoms with Crippen LogP contribution in [0.3, 0.4) is 0 Å². The minimum Gasteiger partial charge on any atom is -0.293 e. The average molecular weight is 143 g/mol. The summed E-state index contributed by atoms with van der Waals surface area (Å²) in [7, 11) is 0. The second-order valence-electron chi connectivity index (χ2n) is 2.18. The number of nitrogens with zero attached hydrogens (tertiary/aromatic N) is 3. The molecule has 0 aliphatic heterocycles. The molecule has 0 aromatic carbocycles. The smallest absolute Gasteiger partial charge is 0.137 e. The minimum absolute atomic E-state index is 0.619. The summed E-state index contributed by atoms with van der Waals surface area (Å²) in [6, 6.07) is 7.44. The zero-order valence-corrected chi connectivity index (χ0v) is 5.73. The van der Waals surface area contributed by atoms with Crippen molar-refractivity contribution in [3.8, 4) is 6.07 Å². The maximum atomic E-state index is 8.63. The molecule has 0 unspecified atom stereocenters. The van der Waals surface area contributed by atoms with Crippen molar-refractivity contribution >= 4 is 5.65 Å². The molecule has 0 aliphatic carbocycles. The van der Waals surface area contributed by atoms with Crippen molar-refractivity contribution in [3.05, 3.63) is 36.3 Å². The second kappa shape index (κ2) is 2.10. The summed E-state index contributed by atoms with van der Waals surface area (Å²) in [5.41, 5.74) is 1.43. The van der Waals surface area contributed by atoms with E-state index in [0.717, 1.165) is 5.65 Å². The summed E-state index contributed by atoms with van der Waals surface area (Å²) >= 11 is 0. The Kier molecular flexibility index (Phi) is 1.13. The predicted octanol–water partition coefficient (Wildman–Crippen LogP) is 1.21. The van der Waals surface area contributed by atoms with Crippen LogP contribution in [0, 0.1) is 11.3 Å². The molecule has 0 saturated heterocycles. The standard InChI is InChI=1S/C8H5N3/c9-6-7-2-3-8-10-4-1-5-11(7)8/h1-5H. The van der Waals surface area contributed by atoms with Gasteiger partial charge in [-0.3, -0.25) is 4.40 Å². The van der Waals surface area contributed by atoms with Crippen molar-refractivity contribution in [2.75, 3.05) is 0 Å². The fourth-order valence-corrected chi connectivity index (χ4v) is 1.03. The van der Waals surface area contributed by atoms with Crippen LogP contribution >= 0.6 is 0 Å². The minimum atomic E-state index is 0.619. The fraction of sp³-hybridized carbons (Fsp3) is 0. The quantitative estimate of drug-likeness (QED) is 0.556. The van der Waals surface area contributed by atoms with Crippen molar-refractivity contribution in [2.45, 2.75) is 0 Å². The van der Waals surface area contributed by atoms with E-state index in [1.54, 1.807) is 22.7 Å². The van der Waals surface area contributed by atoms with Crippen LogP contribution in [0.5, 0.6) is 0 Å². The van der Waals surface area contributed by atoms with Crippen molar-refractivity contribution in [2.24, 2.45) is 0 Å². The van der Waals surface area contributed by atoms with E-state index >= 15 is 0 Å². The van der Waals surface area contributed by atoms with Gasteiger partial charge in [0.25, 0.3) is 0 Å². The van der Waals surface area contributed by atoms with Crippen LogP contribution in [0.4, 0.5) is 0 Å². The molecule has 0 spiro atoms. The molecule has 0 atom stereocenters. The molecule has 3 heteroatoms. The average Bonchev–Trinajstić information content (AvgIpc) is 2.47. The fourth-order valence-electron chi connectivity index (χ4n) is 1.03. The molecule has 2 rings (SSSR count). The summed E-state index contributed by atoms with van der Waals surface area (Å²) in [6.07, 6.45) is 3.53. The zero-order chi connectivity index (χ0) is 7.68. The van der Waals surface area contributed by atoms with Crippen LogP contribution < -0.4 is 0 Å². The first-order valence-corrected chi connectivity index (χ1v) is 3.24. The first-order valence-electron chi connectivity index (χ1n) is 3.24. The highest BCUT2D eigenvalue weighted by molar-refractivity contribution is 5.44. The van der Waals surface area contributed by atoms with Gasteiger partial charge in [-0.05, 0) is 18.2 Å². The third-order valence-electron chi connectivity index (χ3n) is 1.54. The molecule has 0 saturated carbocycles. The Hall–Kier alpha value is -1.82. The van der Waals surface area contributed by atoms with Crippen LogP contribution in [0.1, 0.15) is 5.69 Å². The zero-order valence-electron chi connectivity index (χ0n) is 5.73. The van der Waals surface area contributed by atoms with Crippen molar-refractivity contribution in [3.63, 3.8) is 0 Å². The van der Waals surface area contributed by atoms with E-state index in [4.69, 9.17) is 5.26 Å². The number of fused-ring (bicyclic) bond motifs is 1. The molecule has 3 nitrogen and oxygen atoms in total. The van der Waals surface area contributed by atoms with Gasteiger partial charge in [-0.1, -0.05) is 0 Å². The Balaban J connectivity index is 2.89. The van der Waals surface area contributed by atoms with E-state index in [1.807, 2.05) is 12.3 Å².